The number of rotatable bonds is 22. The predicted octanol–water partition coefficient (Wildman–Crippen LogP) is 5.35. The third kappa shape index (κ3) is 10.8. The van der Waals surface area contributed by atoms with Crippen molar-refractivity contribution in [3.8, 4) is 11.1 Å². The number of nitrogens with two attached hydrogens (primary N) is 2. The van der Waals surface area contributed by atoms with Crippen LogP contribution in [0, 0.1) is 36.0 Å². The molecule has 12 nitrogen and oxygen atoms in total. The molecular formula is C46H67BN4O8. The zero-order chi connectivity index (χ0) is 43.2. The maximum Gasteiger partial charge on any atom is 0.461 e. The number of amides is 2. The topological polar surface area (TPSA) is 200 Å². The van der Waals surface area contributed by atoms with Crippen LogP contribution in [0.15, 0.2) is 48.5 Å². The Hall–Kier alpha value is -3.75. The zero-order valence-corrected chi connectivity index (χ0v) is 36.1. The molecule has 1 heterocycles. The van der Waals surface area contributed by atoms with Gasteiger partial charge in [0.15, 0.2) is 17.3 Å². The van der Waals surface area contributed by atoms with Crippen LogP contribution in [0.4, 0.5) is 0 Å². The fourth-order valence-electron chi connectivity index (χ4n) is 9.55. The number of hydrogen-bond acceptors (Lipinski definition) is 10. The molecule has 2 bridgehead atoms. The van der Waals surface area contributed by atoms with Crippen LogP contribution in [-0.4, -0.2) is 84.4 Å². The summed E-state index contributed by atoms with van der Waals surface area (Å²) in [5.74, 6) is -2.95. The summed E-state index contributed by atoms with van der Waals surface area (Å²) in [6.07, 6.45) is 2.41. The Morgan fingerprint density at radius 2 is 1.46 bits per heavy atom. The van der Waals surface area contributed by atoms with E-state index in [1.54, 1.807) is 19.1 Å². The summed E-state index contributed by atoms with van der Waals surface area (Å²) in [5, 5.41) is 16.2. The van der Waals surface area contributed by atoms with Gasteiger partial charge in [-0.25, -0.2) is 0 Å². The first-order valence-corrected chi connectivity index (χ1v) is 21.7. The lowest BCUT2D eigenvalue weighted by atomic mass is 9.43. The SMILES string of the molecule is Cc1ccc(-c2ccc(C(=O)C[C@@H](CCN)C(=O)N[C@H](C(=O)C[C@@H](C)C(=O)N[C@@H](CCCCN)C(=O)C[C@@H](C)B3OC4C[C@@H]5C[C@@H](C5(C)C)[C@]4(C)O3)[C@@H](C)O)cc2)cc1. The number of Topliss-reactive ketones (excluding diaryl/α,β-unsaturated/α-hetero) is 3. The quantitative estimate of drug-likeness (QED) is 0.0587. The van der Waals surface area contributed by atoms with Gasteiger partial charge in [-0.05, 0) is 107 Å². The molecular weight excluding hydrogens is 747 g/mol. The number of nitrogens with one attached hydrogen (secondary N) is 2. The van der Waals surface area contributed by atoms with E-state index in [4.69, 9.17) is 20.8 Å². The fourth-order valence-corrected chi connectivity index (χ4v) is 9.55. The lowest BCUT2D eigenvalue weighted by Gasteiger charge is -2.64. The number of aryl methyl sites for hydroxylation is 1. The average Bonchev–Trinajstić information content (AvgIpc) is 3.57. The van der Waals surface area contributed by atoms with Crippen molar-refractivity contribution >= 4 is 36.3 Å². The van der Waals surface area contributed by atoms with E-state index in [2.05, 4.69) is 31.4 Å². The summed E-state index contributed by atoms with van der Waals surface area (Å²) in [5.41, 5.74) is 15.0. The van der Waals surface area contributed by atoms with Crippen molar-refractivity contribution in [2.75, 3.05) is 13.1 Å². The number of hydrogen-bond donors (Lipinski definition) is 5. The Labute approximate surface area is 350 Å². The van der Waals surface area contributed by atoms with E-state index in [1.165, 1.54) is 6.92 Å². The van der Waals surface area contributed by atoms with Gasteiger partial charge in [0.2, 0.25) is 11.8 Å². The van der Waals surface area contributed by atoms with Crippen molar-refractivity contribution in [2.45, 2.75) is 142 Å². The Morgan fingerprint density at radius 1 is 0.814 bits per heavy atom. The molecule has 1 saturated heterocycles. The molecule has 322 valence electrons. The summed E-state index contributed by atoms with van der Waals surface area (Å²) >= 11 is 0. The van der Waals surface area contributed by atoms with Crippen LogP contribution in [-0.2, 0) is 28.5 Å². The summed E-state index contributed by atoms with van der Waals surface area (Å²) in [6, 6.07) is 13.1. The van der Waals surface area contributed by atoms with Crippen LogP contribution in [0.1, 0.15) is 115 Å². The maximum atomic E-state index is 13.8. The van der Waals surface area contributed by atoms with Gasteiger partial charge < -0.3 is 36.5 Å². The molecule has 4 aliphatic rings. The van der Waals surface area contributed by atoms with Crippen LogP contribution in [0.2, 0.25) is 5.82 Å². The van der Waals surface area contributed by atoms with Crippen LogP contribution in [0.25, 0.3) is 11.1 Å². The molecule has 10 atom stereocenters. The Morgan fingerprint density at radius 3 is 2.05 bits per heavy atom. The highest BCUT2D eigenvalue weighted by Gasteiger charge is 2.68. The molecule has 3 saturated carbocycles. The van der Waals surface area contributed by atoms with E-state index in [9.17, 15) is 29.1 Å². The molecule has 13 heteroatoms. The molecule has 2 amide bonds. The lowest BCUT2D eigenvalue weighted by Crippen LogP contribution is -2.65. The normalized spacial score (nSPS) is 24.7. The number of aliphatic hydroxyl groups excluding tert-OH is 1. The van der Waals surface area contributed by atoms with Crippen LogP contribution in [0.3, 0.4) is 0 Å². The second-order valence-electron chi connectivity index (χ2n) is 18.5. The molecule has 3 aliphatic carbocycles. The Balaban J connectivity index is 1.15. The highest BCUT2D eigenvalue weighted by molar-refractivity contribution is 6.47. The average molecular weight is 815 g/mol. The molecule has 59 heavy (non-hydrogen) atoms. The lowest BCUT2D eigenvalue weighted by molar-refractivity contribution is -0.199. The van der Waals surface area contributed by atoms with Crippen molar-refractivity contribution in [3.63, 3.8) is 0 Å². The minimum absolute atomic E-state index is 0.00224. The summed E-state index contributed by atoms with van der Waals surface area (Å²) in [6.45, 7) is 14.3. The third-order valence-corrected chi connectivity index (χ3v) is 13.6. The minimum atomic E-state index is -1.32. The molecule has 0 radical (unpaired) electrons. The van der Waals surface area contributed by atoms with E-state index >= 15 is 0 Å². The van der Waals surface area contributed by atoms with Gasteiger partial charge in [0.1, 0.15) is 6.04 Å². The number of aliphatic hydroxyl groups is 1. The molecule has 1 unspecified atom stereocenters. The van der Waals surface area contributed by atoms with Crippen molar-refractivity contribution in [3.05, 3.63) is 59.7 Å². The molecule has 2 aromatic carbocycles. The number of unbranched alkanes of at least 4 members (excludes halogenated alkanes) is 1. The van der Waals surface area contributed by atoms with Gasteiger partial charge in [-0.2, -0.15) is 0 Å². The third-order valence-electron chi connectivity index (χ3n) is 13.6. The summed E-state index contributed by atoms with van der Waals surface area (Å²) < 4.78 is 13.0. The predicted molar refractivity (Wildman–Crippen MR) is 229 cm³/mol. The van der Waals surface area contributed by atoms with E-state index in [0.29, 0.717) is 43.2 Å². The highest BCUT2D eigenvalue weighted by Crippen LogP contribution is 2.66. The number of ketones is 3. The second kappa shape index (κ2) is 19.8. The van der Waals surface area contributed by atoms with E-state index in [1.807, 2.05) is 50.2 Å². The summed E-state index contributed by atoms with van der Waals surface area (Å²) in [7, 11) is -0.521. The number of carbonyl (C=O) groups is 5. The highest BCUT2D eigenvalue weighted by atomic mass is 16.7. The number of benzene rings is 2. The van der Waals surface area contributed by atoms with Gasteiger partial charge in [0.25, 0.3) is 0 Å². The molecule has 1 aliphatic heterocycles. The van der Waals surface area contributed by atoms with Crippen molar-refractivity contribution in [1.82, 2.24) is 10.6 Å². The molecule has 2 aromatic rings. The van der Waals surface area contributed by atoms with Crippen molar-refractivity contribution in [1.29, 1.82) is 0 Å². The van der Waals surface area contributed by atoms with E-state index in [-0.39, 0.29) is 61.1 Å². The van der Waals surface area contributed by atoms with E-state index < -0.39 is 60.3 Å². The molecule has 6 rings (SSSR count). The van der Waals surface area contributed by atoms with Crippen LogP contribution < -0.4 is 22.1 Å². The van der Waals surface area contributed by atoms with Crippen molar-refractivity contribution in [2.24, 2.45) is 40.6 Å². The first kappa shape index (κ1) is 46.3. The Bertz CT molecular complexity index is 1800. The Kier molecular flexibility index (Phi) is 15.5. The standard InChI is InChI=1S/C46H67BN4O8/c1-27-11-13-31(14-12-27)32-15-17-33(18-16-32)37(53)24-34(19-21-49)44(57)51-42(30(4)52)39(55)22-28(2)43(56)50-36(10-8-9-20-48)38(54)23-29(3)47-58-41-26-35-25-40(45(35,5)6)46(41,7)59-47/h11-18,28-30,34-36,40-42,52H,8-10,19-26,48-49H2,1-7H3,(H,50,56)(H,51,57)/t28-,29-,30-,34-,35+,36+,40+,41?,42+,46+/m1/s1. The van der Waals surface area contributed by atoms with Crippen molar-refractivity contribution < 1.29 is 38.4 Å². The monoisotopic (exact) mass is 815 g/mol. The van der Waals surface area contributed by atoms with Gasteiger partial charge in [-0.15, -0.1) is 0 Å². The number of carbonyl (C=O) groups excluding carboxylic acids is 5. The van der Waals surface area contributed by atoms with Gasteiger partial charge in [-0.3, -0.25) is 24.0 Å². The summed E-state index contributed by atoms with van der Waals surface area (Å²) in [4.78, 5) is 67.8. The maximum absolute atomic E-state index is 13.8. The first-order chi connectivity index (χ1) is 27.9. The van der Waals surface area contributed by atoms with Gasteiger partial charge in [-0.1, -0.05) is 81.8 Å². The van der Waals surface area contributed by atoms with Gasteiger partial charge in [0.05, 0.1) is 23.9 Å². The molecule has 7 N–H and O–H groups in total. The van der Waals surface area contributed by atoms with Crippen LogP contribution in [0.5, 0.6) is 0 Å². The zero-order valence-electron chi connectivity index (χ0n) is 36.1. The van der Waals surface area contributed by atoms with Gasteiger partial charge >= 0.3 is 7.12 Å². The van der Waals surface area contributed by atoms with Gasteiger partial charge in [0, 0.05) is 36.7 Å². The minimum Gasteiger partial charge on any atom is -0.405 e. The first-order valence-electron chi connectivity index (χ1n) is 21.7. The van der Waals surface area contributed by atoms with E-state index in [0.717, 1.165) is 29.5 Å². The van der Waals surface area contributed by atoms with Crippen LogP contribution >= 0.6 is 0 Å². The molecule has 0 spiro atoms. The molecule has 0 aromatic heterocycles. The second-order valence-corrected chi connectivity index (χ2v) is 18.5. The molecule has 4 fully saturated rings. The largest absolute Gasteiger partial charge is 0.461 e. The smallest absolute Gasteiger partial charge is 0.405 e. The fraction of sp³-hybridized carbons (Fsp3) is 0.630.